The van der Waals surface area contributed by atoms with Gasteiger partial charge in [0.1, 0.15) is 0 Å². The van der Waals surface area contributed by atoms with Crippen LogP contribution in [0.4, 0.5) is 5.69 Å². The molecule has 1 aliphatic rings. The highest BCUT2D eigenvalue weighted by Gasteiger charge is 2.33. The van der Waals surface area contributed by atoms with Crippen LogP contribution in [0, 0.1) is 0 Å². The number of amides is 1. The van der Waals surface area contributed by atoms with Crippen molar-refractivity contribution >= 4 is 28.9 Å². The number of rotatable bonds is 6. The summed E-state index contributed by atoms with van der Waals surface area (Å²) in [6, 6.07) is 8.53. The quantitative estimate of drug-likeness (QED) is 0.638. The minimum absolute atomic E-state index is 0.117. The van der Waals surface area contributed by atoms with Crippen LogP contribution >= 0.6 is 11.3 Å². The molecule has 0 radical (unpaired) electrons. The number of carbonyl (C=O) groups is 2. The smallest absolute Gasteiger partial charge is 0.337 e. The van der Waals surface area contributed by atoms with Gasteiger partial charge in [-0.25, -0.2) is 4.79 Å². The zero-order valence-corrected chi connectivity index (χ0v) is 15.9. The number of thiophene rings is 1. The number of esters is 1. The molecule has 1 aromatic carbocycles. The first-order valence-electron chi connectivity index (χ1n) is 8.69. The van der Waals surface area contributed by atoms with Crippen LogP contribution in [0.15, 0.2) is 45.6 Å². The average Bonchev–Trinajstić information content (AvgIpc) is 3.35. The fourth-order valence-electron chi connectivity index (χ4n) is 2.98. The molecule has 2 aromatic heterocycles. The van der Waals surface area contributed by atoms with Crippen LogP contribution in [0.1, 0.15) is 22.2 Å². The van der Waals surface area contributed by atoms with E-state index >= 15 is 0 Å². The van der Waals surface area contributed by atoms with Crippen molar-refractivity contribution in [3.05, 3.63) is 52.5 Å². The van der Waals surface area contributed by atoms with Gasteiger partial charge in [0.2, 0.25) is 17.6 Å². The van der Waals surface area contributed by atoms with Crippen LogP contribution in [0.5, 0.6) is 0 Å². The second-order valence-electron chi connectivity index (χ2n) is 6.48. The van der Waals surface area contributed by atoms with Crippen molar-refractivity contribution in [2.24, 2.45) is 0 Å². The molecular formula is C19H18N4O4S. The summed E-state index contributed by atoms with van der Waals surface area (Å²) in [5.74, 6) is 0.826. The Morgan fingerprint density at radius 1 is 1.29 bits per heavy atom. The maximum Gasteiger partial charge on any atom is 0.337 e. The zero-order valence-electron chi connectivity index (χ0n) is 15.1. The van der Waals surface area contributed by atoms with Crippen LogP contribution < -0.4 is 5.32 Å². The average molecular weight is 398 g/mol. The molecule has 0 bridgehead atoms. The van der Waals surface area contributed by atoms with Gasteiger partial charge in [0, 0.05) is 29.7 Å². The van der Waals surface area contributed by atoms with Crippen LogP contribution in [0.25, 0.3) is 11.4 Å². The van der Waals surface area contributed by atoms with Gasteiger partial charge in [-0.05, 0) is 35.7 Å². The van der Waals surface area contributed by atoms with E-state index in [0.29, 0.717) is 36.1 Å². The summed E-state index contributed by atoms with van der Waals surface area (Å²) in [6.45, 7) is 1.67. The molecule has 8 nitrogen and oxygen atoms in total. The Hall–Kier alpha value is -3.04. The Bertz CT molecular complexity index is 962. The Balaban J connectivity index is 1.25. The lowest BCUT2D eigenvalue weighted by molar-refractivity contribution is -0.118. The number of nitrogens with one attached hydrogen (secondary N) is 1. The van der Waals surface area contributed by atoms with Crippen LogP contribution in [-0.4, -0.2) is 53.7 Å². The molecule has 0 atom stereocenters. The number of likely N-dealkylation sites (tertiary alicyclic amines) is 1. The number of hydrogen-bond donors (Lipinski definition) is 1. The maximum atomic E-state index is 12.2. The van der Waals surface area contributed by atoms with E-state index < -0.39 is 5.97 Å². The molecule has 28 heavy (non-hydrogen) atoms. The van der Waals surface area contributed by atoms with Gasteiger partial charge in [0.05, 0.1) is 25.1 Å². The lowest BCUT2D eigenvalue weighted by Crippen LogP contribution is -2.48. The molecule has 3 heterocycles. The number of carbonyl (C=O) groups excluding carboxylic acids is 2. The lowest BCUT2D eigenvalue weighted by Gasteiger charge is -2.36. The third-order valence-corrected chi connectivity index (χ3v) is 5.17. The second-order valence-corrected chi connectivity index (χ2v) is 7.26. The Morgan fingerprint density at radius 3 is 2.75 bits per heavy atom. The molecule has 1 saturated heterocycles. The molecule has 144 valence electrons. The summed E-state index contributed by atoms with van der Waals surface area (Å²) in [6.07, 6.45) is 0. The molecule has 1 fully saturated rings. The predicted molar refractivity (Wildman–Crippen MR) is 103 cm³/mol. The molecule has 1 aliphatic heterocycles. The molecule has 1 N–H and O–H groups in total. The van der Waals surface area contributed by atoms with Gasteiger partial charge in [-0.1, -0.05) is 5.16 Å². The normalized spacial score (nSPS) is 14.5. The largest absolute Gasteiger partial charge is 0.465 e. The molecular weight excluding hydrogens is 380 g/mol. The highest BCUT2D eigenvalue weighted by Crippen LogP contribution is 2.28. The van der Waals surface area contributed by atoms with Gasteiger partial charge in [-0.3, -0.25) is 9.69 Å². The summed E-state index contributed by atoms with van der Waals surface area (Å²) in [7, 11) is 1.33. The molecule has 0 aliphatic carbocycles. The molecule has 4 rings (SSSR count). The fourth-order valence-corrected chi connectivity index (χ4v) is 3.61. The van der Waals surface area contributed by atoms with Crippen molar-refractivity contribution in [2.45, 2.75) is 5.92 Å². The van der Waals surface area contributed by atoms with Gasteiger partial charge in [-0.2, -0.15) is 16.3 Å². The maximum absolute atomic E-state index is 12.2. The van der Waals surface area contributed by atoms with Gasteiger partial charge in [0.15, 0.2) is 0 Å². The molecule has 3 aromatic rings. The molecule has 0 unspecified atom stereocenters. The monoisotopic (exact) mass is 398 g/mol. The van der Waals surface area contributed by atoms with E-state index in [1.165, 1.54) is 7.11 Å². The van der Waals surface area contributed by atoms with Gasteiger partial charge < -0.3 is 14.6 Å². The van der Waals surface area contributed by atoms with Crippen molar-refractivity contribution in [3.63, 3.8) is 0 Å². The first kappa shape index (κ1) is 18.3. The number of aromatic nitrogens is 2. The fraction of sp³-hybridized carbons (Fsp3) is 0.263. The predicted octanol–water partition coefficient (Wildman–Crippen LogP) is 2.62. The first-order chi connectivity index (χ1) is 13.6. The number of benzene rings is 1. The summed E-state index contributed by atoms with van der Waals surface area (Å²) >= 11 is 1.59. The van der Waals surface area contributed by atoms with E-state index in [0.717, 1.165) is 5.56 Å². The number of ether oxygens (including phenoxy) is 1. The minimum atomic E-state index is -0.410. The number of anilines is 1. The van der Waals surface area contributed by atoms with Crippen LogP contribution in [0.3, 0.4) is 0 Å². The summed E-state index contributed by atoms with van der Waals surface area (Å²) in [5.41, 5.74) is 2.02. The first-order valence-corrected chi connectivity index (χ1v) is 9.63. The van der Waals surface area contributed by atoms with Crippen molar-refractivity contribution < 1.29 is 18.8 Å². The third kappa shape index (κ3) is 3.95. The van der Waals surface area contributed by atoms with E-state index in [2.05, 4.69) is 20.2 Å². The Morgan fingerprint density at radius 2 is 2.07 bits per heavy atom. The van der Waals surface area contributed by atoms with E-state index in [9.17, 15) is 9.59 Å². The summed E-state index contributed by atoms with van der Waals surface area (Å²) < 4.78 is 10.0. The molecule has 0 saturated carbocycles. The van der Waals surface area contributed by atoms with Crippen molar-refractivity contribution in [1.29, 1.82) is 0 Å². The van der Waals surface area contributed by atoms with E-state index in [4.69, 9.17) is 4.52 Å². The van der Waals surface area contributed by atoms with Gasteiger partial charge >= 0.3 is 5.97 Å². The van der Waals surface area contributed by atoms with Crippen LogP contribution in [-0.2, 0) is 9.53 Å². The van der Waals surface area contributed by atoms with Crippen LogP contribution in [0.2, 0.25) is 0 Å². The molecule has 1 amide bonds. The standard InChI is InChI=1S/C19H18N4O4S/c1-26-19(25)12-2-4-15(5-3-12)20-16(24)10-23-8-14(9-23)18-21-17(22-27-18)13-6-7-28-11-13/h2-7,11,14H,8-10H2,1H3,(H,20,24). The number of nitrogens with zero attached hydrogens (tertiary/aromatic N) is 3. The van der Waals surface area contributed by atoms with Gasteiger partial charge in [0.25, 0.3) is 0 Å². The third-order valence-electron chi connectivity index (χ3n) is 4.48. The molecule has 0 spiro atoms. The summed E-state index contributed by atoms with van der Waals surface area (Å²) in [4.78, 5) is 30.1. The minimum Gasteiger partial charge on any atom is -0.465 e. The highest BCUT2D eigenvalue weighted by molar-refractivity contribution is 7.08. The number of methoxy groups -OCH3 is 1. The van der Waals surface area contributed by atoms with E-state index in [1.54, 1.807) is 35.6 Å². The van der Waals surface area contributed by atoms with E-state index in [1.807, 2.05) is 21.7 Å². The zero-order chi connectivity index (χ0) is 19.5. The Labute approximate surface area is 165 Å². The Kier molecular flexibility index (Phi) is 5.18. The lowest BCUT2D eigenvalue weighted by atomic mass is 10.0. The molecule has 9 heteroatoms. The summed E-state index contributed by atoms with van der Waals surface area (Å²) in [5, 5.41) is 10.8. The number of hydrogen-bond acceptors (Lipinski definition) is 8. The van der Waals surface area contributed by atoms with Gasteiger partial charge in [-0.15, -0.1) is 0 Å². The highest BCUT2D eigenvalue weighted by atomic mass is 32.1. The second kappa shape index (κ2) is 7.91. The SMILES string of the molecule is COC(=O)c1ccc(NC(=O)CN2CC(c3nc(-c4ccsc4)no3)C2)cc1. The van der Waals surface area contributed by atoms with Crippen molar-refractivity contribution in [2.75, 3.05) is 32.1 Å². The van der Waals surface area contributed by atoms with Crippen molar-refractivity contribution in [3.8, 4) is 11.4 Å². The topological polar surface area (TPSA) is 97.6 Å². The van der Waals surface area contributed by atoms with Crippen molar-refractivity contribution in [1.82, 2.24) is 15.0 Å². The van der Waals surface area contributed by atoms with E-state index in [-0.39, 0.29) is 18.4 Å².